The van der Waals surface area contributed by atoms with Crippen molar-refractivity contribution in [2.45, 2.75) is 26.8 Å². The molecule has 0 unspecified atom stereocenters. The summed E-state index contributed by atoms with van der Waals surface area (Å²) in [6.07, 6.45) is 1.03. The van der Waals surface area contributed by atoms with E-state index in [1.807, 2.05) is 0 Å². The Morgan fingerprint density at radius 2 is 2.00 bits per heavy atom. The summed E-state index contributed by atoms with van der Waals surface area (Å²) in [5.41, 5.74) is 6.44. The molecule has 1 aliphatic rings. The molecule has 2 aromatic rings. The number of aryl methyl sites for hydroxylation is 2. The van der Waals surface area contributed by atoms with Gasteiger partial charge in [0, 0.05) is 18.7 Å². The van der Waals surface area contributed by atoms with Crippen molar-refractivity contribution in [3.8, 4) is 5.75 Å². The molecule has 1 N–H and O–H groups in total. The van der Waals surface area contributed by atoms with E-state index in [1.165, 1.54) is 27.9 Å². The van der Waals surface area contributed by atoms with Crippen LogP contribution in [0.2, 0.25) is 0 Å². The maximum atomic E-state index is 5.53. The van der Waals surface area contributed by atoms with Crippen molar-refractivity contribution in [2.75, 3.05) is 11.9 Å². The smallest absolute Gasteiger partial charge is 0.122 e. The topological polar surface area (TPSA) is 21.3 Å². The van der Waals surface area contributed by atoms with E-state index in [9.17, 15) is 0 Å². The first-order chi connectivity index (χ1) is 9.22. The molecule has 0 aliphatic carbocycles. The molecule has 0 fully saturated rings. The summed E-state index contributed by atoms with van der Waals surface area (Å²) in [7, 11) is 0. The van der Waals surface area contributed by atoms with Crippen LogP contribution < -0.4 is 10.1 Å². The fourth-order valence-electron chi connectivity index (χ4n) is 2.47. The number of fused-ring (bicyclic) bond motifs is 1. The molecule has 0 radical (unpaired) electrons. The highest BCUT2D eigenvalue weighted by Gasteiger charge is 2.11. The van der Waals surface area contributed by atoms with Gasteiger partial charge in [-0.3, -0.25) is 0 Å². The van der Waals surface area contributed by atoms with Gasteiger partial charge in [-0.2, -0.15) is 0 Å². The normalized spacial score (nSPS) is 12.9. The van der Waals surface area contributed by atoms with Gasteiger partial charge in [0.1, 0.15) is 5.75 Å². The first-order valence-electron chi connectivity index (χ1n) is 6.78. The predicted molar refractivity (Wildman–Crippen MR) is 78.9 cm³/mol. The predicted octanol–water partition coefficient (Wildman–Crippen LogP) is 3.85. The summed E-state index contributed by atoms with van der Waals surface area (Å²) >= 11 is 0. The molecule has 0 bridgehead atoms. The summed E-state index contributed by atoms with van der Waals surface area (Å²) in [4.78, 5) is 0. The molecule has 0 atom stereocenters. The van der Waals surface area contributed by atoms with Crippen molar-refractivity contribution in [3.63, 3.8) is 0 Å². The maximum absolute atomic E-state index is 5.53. The van der Waals surface area contributed by atoms with Crippen LogP contribution in [0.15, 0.2) is 36.4 Å². The van der Waals surface area contributed by atoms with Crippen LogP contribution in [0.4, 0.5) is 5.69 Å². The van der Waals surface area contributed by atoms with E-state index in [0.717, 1.165) is 25.3 Å². The third kappa shape index (κ3) is 2.58. The Bertz CT molecular complexity index is 604. The van der Waals surface area contributed by atoms with Crippen LogP contribution in [0, 0.1) is 13.8 Å². The van der Waals surface area contributed by atoms with Crippen molar-refractivity contribution >= 4 is 5.69 Å². The fraction of sp³-hybridized carbons (Fsp3) is 0.294. The van der Waals surface area contributed by atoms with Gasteiger partial charge >= 0.3 is 0 Å². The lowest BCUT2D eigenvalue weighted by molar-refractivity contribution is 0.357. The SMILES string of the molecule is Cc1ccc(C)c(NCc2ccc3c(c2)CCO3)c1. The summed E-state index contributed by atoms with van der Waals surface area (Å²) in [5.74, 6) is 1.05. The van der Waals surface area contributed by atoms with Crippen LogP contribution in [-0.2, 0) is 13.0 Å². The quantitative estimate of drug-likeness (QED) is 0.897. The van der Waals surface area contributed by atoms with Crippen LogP contribution >= 0.6 is 0 Å². The fourth-order valence-corrected chi connectivity index (χ4v) is 2.47. The standard InChI is InChI=1S/C17H19NO/c1-12-3-4-13(2)16(9-12)18-11-14-5-6-17-15(10-14)7-8-19-17/h3-6,9-10,18H,7-8,11H2,1-2H3. The zero-order valence-corrected chi connectivity index (χ0v) is 11.5. The van der Waals surface area contributed by atoms with Crippen LogP contribution in [0.3, 0.4) is 0 Å². The summed E-state index contributed by atoms with van der Waals surface area (Å²) < 4.78 is 5.53. The average Bonchev–Trinajstić information content (AvgIpc) is 2.87. The number of nitrogens with one attached hydrogen (secondary N) is 1. The van der Waals surface area contributed by atoms with E-state index in [0.29, 0.717) is 0 Å². The number of hydrogen-bond acceptors (Lipinski definition) is 2. The van der Waals surface area contributed by atoms with Gasteiger partial charge in [0.15, 0.2) is 0 Å². The molecule has 0 amide bonds. The van der Waals surface area contributed by atoms with Gasteiger partial charge in [-0.1, -0.05) is 24.3 Å². The van der Waals surface area contributed by atoms with E-state index >= 15 is 0 Å². The summed E-state index contributed by atoms with van der Waals surface area (Å²) in [5, 5.41) is 3.52. The zero-order valence-electron chi connectivity index (χ0n) is 11.5. The third-order valence-corrected chi connectivity index (χ3v) is 3.63. The number of ether oxygens (including phenoxy) is 1. The molecular weight excluding hydrogens is 234 g/mol. The van der Waals surface area contributed by atoms with E-state index in [1.54, 1.807) is 0 Å². The molecule has 0 spiro atoms. The second-order valence-corrected chi connectivity index (χ2v) is 5.21. The molecule has 1 aliphatic heterocycles. The van der Waals surface area contributed by atoms with Crippen LogP contribution in [0.25, 0.3) is 0 Å². The number of hydrogen-bond donors (Lipinski definition) is 1. The minimum absolute atomic E-state index is 0.823. The Morgan fingerprint density at radius 3 is 2.89 bits per heavy atom. The molecule has 0 aromatic heterocycles. The Labute approximate surface area is 114 Å². The van der Waals surface area contributed by atoms with Crippen molar-refractivity contribution in [1.82, 2.24) is 0 Å². The zero-order chi connectivity index (χ0) is 13.2. The molecule has 1 heterocycles. The minimum Gasteiger partial charge on any atom is -0.493 e. The van der Waals surface area contributed by atoms with E-state index in [2.05, 4.69) is 55.6 Å². The Balaban J connectivity index is 1.74. The van der Waals surface area contributed by atoms with Gasteiger partial charge in [0.2, 0.25) is 0 Å². The Hall–Kier alpha value is -1.96. The van der Waals surface area contributed by atoms with Crippen molar-refractivity contribution < 1.29 is 4.74 Å². The van der Waals surface area contributed by atoms with Crippen molar-refractivity contribution in [2.24, 2.45) is 0 Å². The highest BCUT2D eigenvalue weighted by Crippen LogP contribution is 2.26. The monoisotopic (exact) mass is 253 g/mol. The number of benzene rings is 2. The molecule has 98 valence electrons. The van der Waals surface area contributed by atoms with Gasteiger partial charge in [0.05, 0.1) is 6.61 Å². The first-order valence-corrected chi connectivity index (χ1v) is 6.78. The van der Waals surface area contributed by atoms with Gasteiger partial charge in [-0.05, 0) is 48.2 Å². The molecule has 3 rings (SSSR count). The second kappa shape index (κ2) is 4.96. The van der Waals surface area contributed by atoms with Crippen LogP contribution in [0.1, 0.15) is 22.3 Å². The lowest BCUT2D eigenvalue weighted by Crippen LogP contribution is -2.01. The third-order valence-electron chi connectivity index (χ3n) is 3.63. The van der Waals surface area contributed by atoms with Gasteiger partial charge in [-0.25, -0.2) is 0 Å². The molecule has 2 heteroatoms. The summed E-state index contributed by atoms with van der Waals surface area (Å²) in [6, 6.07) is 13.0. The Morgan fingerprint density at radius 1 is 1.11 bits per heavy atom. The first kappa shape index (κ1) is 12.1. The van der Waals surface area contributed by atoms with Crippen molar-refractivity contribution in [3.05, 3.63) is 58.7 Å². The molecule has 0 saturated heterocycles. The van der Waals surface area contributed by atoms with Gasteiger partial charge in [-0.15, -0.1) is 0 Å². The second-order valence-electron chi connectivity index (χ2n) is 5.21. The highest BCUT2D eigenvalue weighted by atomic mass is 16.5. The van der Waals surface area contributed by atoms with E-state index < -0.39 is 0 Å². The molecule has 0 saturated carbocycles. The minimum atomic E-state index is 0.823. The van der Waals surface area contributed by atoms with E-state index in [-0.39, 0.29) is 0 Å². The lowest BCUT2D eigenvalue weighted by Gasteiger charge is -2.11. The molecule has 2 aromatic carbocycles. The Kier molecular flexibility index (Phi) is 3.16. The number of rotatable bonds is 3. The number of anilines is 1. The largest absolute Gasteiger partial charge is 0.493 e. The van der Waals surface area contributed by atoms with Crippen LogP contribution in [-0.4, -0.2) is 6.61 Å². The summed E-state index contributed by atoms with van der Waals surface area (Å²) in [6.45, 7) is 5.94. The molecule has 2 nitrogen and oxygen atoms in total. The maximum Gasteiger partial charge on any atom is 0.122 e. The average molecular weight is 253 g/mol. The van der Waals surface area contributed by atoms with Gasteiger partial charge < -0.3 is 10.1 Å². The highest BCUT2D eigenvalue weighted by molar-refractivity contribution is 5.53. The van der Waals surface area contributed by atoms with E-state index in [4.69, 9.17) is 4.74 Å². The molecular formula is C17H19NO. The van der Waals surface area contributed by atoms with Crippen molar-refractivity contribution in [1.29, 1.82) is 0 Å². The lowest BCUT2D eigenvalue weighted by atomic mass is 10.1. The molecule has 19 heavy (non-hydrogen) atoms. The van der Waals surface area contributed by atoms with Gasteiger partial charge in [0.25, 0.3) is 0 Å². The van der Waals surface area contributed by atoms with Crippen LogP contribution in [0.5, 0.6) is 5.75 Å².